The number of hydrogen-bond acceptors (Lipinski definition) is 3. The number of hydrogen-bond donors (Lipinski definition) is 3. The molecular weight excluding hydrogens is 324 g/mol. The highest BCUT2D eigenvalue weighted by Crippen LogP contribution is 2.44. The highest BCUT2D eigenvalue weighted by molar-refractivity contribution is 5.52. The minimum Gasteiger partial charge on any atom is -0.508 e. The summed E-state index contributed by atoms with van der Waals surface area (Å²) in [4.78, 5) is 0. The largest absolute Gasteiger partial charge is 0.508 e. The molecule has 1 atom stereocenters. The van der Waals surface area contributed by atoms with Crippen LogP contribution in [0.3, 0.4) is 0 Å². The Bertz CT molecular complexity index is 851. The number of benzene rings is 2. The second kappa shape index (κ2) is 6.65. The number of allylic oxidation sites excluding steroid dienone is 2. The van der Waals surface area contributed by atoms with E-state index in [4.69, 9.17) is 0 Å². The predicted octanol–water partition coefficient (Wildman–Crippen LogP) is 4.71. The van der Waals surface area contributed by atoms with Crippen molar-refractivity contribution in [3.8, 4) is 11.5 Å². The van der Waals surface area contributed by atoms with Gasteiger partial charge in [-0.15, -0.1) is 0 Å². The van der Waals surface area contributed by atoms with E-state index in [9.17, 15) is 15.3 Å². The van der Waals surface area contributed by atoms with Crippen molar-refractivity contribution >= 4 is 0 Å². The monoisotopic (exact) mass is 350 g/mol. The number of aryl methyl sites for hydroxylation is 4. The average molecular weight is 350 g/mol. The quantitative estimate of drug-likeness (QED) is 0.751. The van der Waals surface area contributed by atoms with Gasteiger partial charge in [-0.3, -0.25) is 0 Å². The lowest BCUT2D eigenvalue weighted by molar-refractivity contribution is 0.0748. The van der Waals surface area contributed by atoms with Crippen LogP contribution in [0.4, 0.5) is 0 Å². The van der Waals surface area contributed by atoms with E-state index in [1.165, 1.54) is 0 Å². The van der Waals surface area contributed by atoms with Crippen molar-refractivity contribution in [2.45, 2.75) is 45.6 Å². The molecule has 136 valence electrons. The number of aliphatic hydroxyl groups is 1. The van der Waals surface area contributed by atoms with Gasteiger partial charge in [-0.2, -0.15) is 0 Å². The van der Waals surface area contributed by atoms with E-state index in [-0.39, 0.29) is 17.4 Å². The normalized spacial score (nSPS) is 19.3. The van der Waals surface area contributed by atoms with E-state index in [0.717, 1.165) is 33.4 Å². The van der Waals surface area contributed by atoms with Gasteiger partial charge in [0.25, 0.3) is 0 Å². The second-order valence-corrected chi connectivity index (χ2v) is 7.41. The highest BCUT2D eigenvalue weighted by Gasteiger charge is 2.38. The van der Waals surface area contributed by atoms with Crippen molar-refractivity contribution in [3.63, 3.8) is 0 Å². The lowest BCUT2D eigenvalue weighted by Gasteiger charge is -2.37. The van der Waals surface area contributed by atoms with Gasteiger partial charge in [-0.05, 0) is 79.6 Å². The third kappa shape index (κ3) is 3.15. The van der Waals surface area contributed by atoms with Gasteiger partial charge >= 0.3 is 0 Å². The first kappa shape index (κ1) is 18.3. The number of phenols is 2. The topological polar surface area (TPSA) is 60.7 Å². The second-order valence-electron chi connectivity index (χ2n) is 7.41. The molecular formula is C23H26O3. The lowest BCUT2D eigenvalue weighted by atomic mass is 9.71. The molecule has 0 spiro atoms. The lowest BCUT2D eigenvalue weighted by Crippen LogP contribution is -2.36. The molecule has 0 radical (unpaired) electrons. The molecule has 0 saturated carbocycles. The highest BCUT2D eigenvalue weighted by atomic mass is 16.3. The molecule has 3 N–H and O–H groups in total. The zero-order valence-electron chi connectivity index (χ0n) is 15.7. The van der Waals surface area contributed by atoms with Crippen LogP contribution in [-0.4, -0.2) is 20.9 Å². The maximum absolute atomic E-state index is 11.5. The summed E-state index contributed by atoms with van der Waals surface area (Å²) in [5, 5.41) is 31.7. The predicted molar refractivity (Wildman–Crippen MR) is 105 cm³/mol. The third-order valence-electron chi connectivity index (χ3n) is 5.37. The molecule has 3 heteroatoms. The summed E-state index contributed by atoms with van der Waals surface area (Å²) in [6.07, 6.45) is 8.14. The van der Waals surface area contributed by atoms with Crippen LogP contribution in [0.15, 0.2) is 48.6 Å². The Morgan fingerprint density at radius 2 is 1.27 bits per heavy atom. The van der Waals surface area contributed by atoms with Gasteiger partial charge in [0.05, 0.1) is 5.60 Å². The molecule has 3 rings (SSSR count). The van der Waals surface area contributed by atoms with E-state index >= 15 is 0 Å². The van der Waals surface area contributed by atoms with E-state index in [2.05, 4.69) is 0 Å². The molecule has 26 heavy (non-hydrogen) atoms. The van der Waals surface area contributed by atoms with Crippen molar-refractivity contribution in [2.24, 2.45) is 0 Å². The SMILES string of the molecule is Cc1cc(C(c2cc(C)c(O)cc2C)C2(O)C=CC=CC2)c(C)cc1O. The Balaban J connectivity index is 2.28. The van der Waals surface area contributed by atoms with Gasteiger partial charge in [-0.25, -0.2) is 0 Å². The van der Waals surface area contributed by atoms with E-state index in [1.807, 2.05) is 64.1 Å². The van der Waals surface area contributed by atoms with Crippen LogP contribution in [0, 0.1) is 27.7 Å². The first-order valence-electron chi connectivity index (χ1n) is 8.90. The molecule has 1 aliphatic carbocycles. The molecule has 0 heterocycles. The molecule has 1 unspecified atom stereocenters. The summed E-state index contributed by atoms with van der Waals surface area (Å²) >= 11 is 0. The summed E-state index contributed by atoms with van der Waals surface area (Å²) in [6.45, 7) is 7.64. The van der Waals surface area contributed by atoms with Gasteiger partial charge in [0.15, 0.2) is 0 Å². The molecule has 2 aromatic carbocycles. The average Bonchev–Trinajstić information content (AvgIpc) is 2.57. The third-order valence-corrected chi connectivity index (χ3v) is 5.37. The molecule has 0 bridgehead atoms. The van der Waals surface area contributed by atoms with Gasteiger partial charge < -0.3 is 15.3 Å². The van der Waals surface area contributed by atoms with Gasteiger partial charge in [-0.1, -0.05) is 36.4 Å². The maximum Gasteiger partial charge on any atom is 0.118 e. The first-order valence-corrected chi connectivity index (χ1v) is 8.90. The van der Waals surface area contributed by atoms with Crippen molar-refractivity contribution in [2.75, 3.05) is 0 Å². The minimum absolute atomic E-state index is 0.259. The maximum atomic E-state index is 11.5. The van der Waals surface area contributed by atoms with Crippen LogP contribution < -0.4 is 0 Å². The molecule has 1 aliphatic rings. The van der Waals surface area contributed by atoms with Crippen LogP contribution in [0.25, 0.3) is 0 Å². The molecule has 0 fully saturated rings. The van der Waals surface area contributed by atoms with Crippen molar-refractivity contribution in [1.29, 1.82) is 0 Å². The molecule has 0 amide bonds. The molecule has 0 aromatic heterocycles. The fraction of sp³-hybridized carbons (Fsp3) is 0.304. The smallest absolute Gasteiger partial charge is 0.118 e. The van der Waals surface area contributed by atoms with E-state index in [0.29, 0.717) is 6.42 Å². The van der Waals surface area contributed by atoms with Gasteiger partial charge in [0.1, 0.15) is 11.5 Å². The van der Waals surface area contributed by atoms with Crippen LogP contribution in [0.1, 0.15) is 45.7 Å². The Morgan fingerprint density at radius 3 is 1.69 bits per heavy atom. The summed E-state index contributed by atoms with van der Waals surface area (Å²) in [5.74, 6) is 0.215. The van der Waals surface area contributed by atoms with Crippen LogP contribution >= 0.6 is 0 Å². The zero-order valence-corrected chi connectivity index (χ0v) is 15.7. The Labute approximate surface area is 155 Å². The van der Waals surface area contributed by atoms with E-state index < -0.39 is 5.60 Å². The Hall–Kier alpha value is -2.52. The van der Waals surface area contributed by atoms with E-state index in [1.54, 1.807) is 12.1 Å². The summed E-state index contributed by atoms with van der Waals surface area (Å²) < 4.78 is 0. The van der Waals surface area contributed by atoms with Crippen LogP contribution in [-0.2, 0) is 0 Å². The number of phenolic OH excluding ortho intramolecular Hbond substituents is 2. The van der Waals surface area contributed by atoms with Gasteiger partial charge in [0.2, 0.25) is 0 Å². The van der Waals surface area contributed by atoms with Crippen molar-refractivity contribution in [3.05, 3.63) is 82.0 Å². The summed E-state index contributed by atoms with van der Waals surface area (Å²) in [5.41, 5.74) is 4.31. The molecule has 0 saturated heterocycles. The molecule has 2 aromatic rings. The molecule has 0 aliphatic heterocycles. The van der Waals surface area contributed by atoms with Crippen molar-refractivity contribution in [1.82, 2.24) is 0 Å². The first-order chi connectivity index (χ1) is 12.2. The fourth-order valence-electron chi connectivity index (χ4n) is 3.81. The zero-order chi connectivity index (χ0) is 19.1. The fourth-order valence-corrected chi connectivity index (χ4v) is 3.81. The Morgan fingerprint density at radius 1 is 0.769 bits per heavy atom. The Kier molecular flexibility index (Phi) is 4.68. The van der Waals surface area contributed by atoms with Crippen LogP contribution in [0.2, 0.25) is 0 Å². The standard InChI is InChI=1S/C23H26O3/c1-14-12-20(24)16(3)10-18(14)22(23(26)8-6-5-7-9-23)19-11-17(4)21(25)13-15(19)2/h5-8,10-13,22,24-26H,9H2,1-4H3. The number of aromatic hydroxyl groups is 2. The summed E-state index contributed by atoms with van der Waals surface area (Å²) in [7, 11) is 0. The molecule has 3 nitrogen and oxygen atoms in total. The van der Waals surface area contributed by atoms with Crippen LogP contribution in [0.5, 0.6) is 11.5 Å². The van der Waals surface area contributed by atoms with Crippen molar-refractivity contribution < 1.29 is 15.3 Å². The summed E-state index contributed by atoms with van der Waals surface area (Å²) in [6, 6.07) is 7.43. The number of rotatable bonds is 3. The minimum atomic E-state index is -1.07. The van der Waals surface area contributed by atoms with Gasteiger partial charge in [0, 0.05) is 5.92 Å².